The second-order valence-electron chi connectivity index (χ2n) is 5.41. The van der Waals surface area contributed by atoms with Gasteiger partial charge in [-0.2, -0.15) is 0 Å². The van der Waals surface area contributed by atoms with Crippen LogP contribution in [0.2, 0.25) is 0 Å². The molecule has 1 aliphatic rings. The third-order valence-corrected chi connectivity index (χ3v) is 4.93. The Morgan fingerprint density at radius 3 is 2.70 bits per heavy atom. The van der Waals surface area contributed by atoms with Gasteiger partial charge in [0.15, 0.2) is 0 Å². The molecule has 0 aliphatic heterocycles. The van der Waals surface area contributed by atoms with E-state index in [4.69, 9.17) is 0 Å². The van der Waals surface area contributed by atoms with Gasteiger partial charge in [-0.1, -0.05) is 24.3 Å². The maximum absolute atomic E-state index is 12.0. The van der Waals surface area contributed by atoms with Crippen molar-refractivity contribution in [2.24, 2.45) is 0 Å². The second kappa shape index (κ2) is 8.01. The molecule has 0 radical (unpaired) electrons. The maximum atomic E-state index is 12.0. The molecule has 7 heteroatoms. The number of carbonyl (C=O) groups is 3. The molecule has 1 aliphatic carbocycles. The Hall–Kier alpha value is -2.02. The molecule has 0 unspecified atom stereocenters. The van der Waals surface area contributed by atoms with Gasteiger partial charge in [0.05, 0.1) is 23.0 Å². The highest BCUT2D eigenvalue weighted by Crippen LogP contribution is 2.29. The van der Waals surface area contributed by atoms with E-state index in [1.165, 1.54) is 5.56 Å². The third-order valence-electron chi connectivity index (χ3n) is 3.74. The minimum atomic E-state index is -1.50. The van der Waals surface area contributed by atoms with Gasteiger partial charge in [0.1, 0.15) is 0 Å². The molecule has 0 bridgehead atoms. The number of rotatable bonds is 7. The largest absolute Gasteiger partial charge is 0.550 e. The highest BCUT2D eigenvalue weighted by molar-refractivity contribution is 8.01. The van der Waals surface area contributed by atoms with Gasteiger partial charge in [-0.25, -0.2) is 0 Å². The second-order valence-corrected chi connectivity index (χ2v) is 6.60. The summed E-state index contributed by atoms with van der Waals surface area (Å²) in [5.74, 6) is -3.44. The van der Waals surface area contributed by atoms with Crippen molar-refractivity contribution in [2.75, 3.05) is 5.75 Å². The van der Waals surface area contributed by atoms with Crippen molar-refractivity contribution >= 4 is 29.6 Å². The summed E-state index contributed by atoms with van der Waals surface area (Å²) in [6.07, 6.45) is 2.11. The van der Waals surface area contributed by atoms with Crippen molar-refractivity contribution in [2.45, 2.75) is 37.0 Å². The van der Waals surface area contributed by atoms with Crippen LogP contribution in [0.4, 0.5) is 0 Å². The average molecular weight is 335 g/mol. The van der Waals surface area contributed by atoms with Crippen LogP contribution in [0.1, 0.15) is 36.4 Å². The van der Waals surface area contributed by atoms with Gasteiger partial charge < -0.3 is 25.1 Å². The van der Waals surface area contributed by atoms with Crippen molar-refractivity contribution in [1.29, 1.82) is 0 Å². The summed E-state index contributed by atoms with van der Waals surface area (Å²) in [7, 11) is 0. The summed E-state index contributed by atoms with van der Waals surface area (Å²) in [5.41, 5.74) is 2.30. The number of carbonyl (C=O) groups excluding carboxylic acids is 3. The highest BCUT2D eigenvalue weighted by Gasteiger charge is 2.22. The topological polar surface area (TPSA) is 109 Å². The fourth-order valence-corrected chi connectivity index (χ4v) is 3.50. The zero-order valence-corrected chi connectivity index (χ0v) is 13.3. The molecule has 0 spiro atoms. The monoisotopic (exact) mass is 335 g/mol. The first-order chi connectivity index (χ1) is 11.0. The molecule has 0 saturated heterocycles. The van der Waals surface area contributed by atoms with Crippen molar-refractivity contribution < 1.29 is 24.6 Å². The van der Waals surface area contributed by atoms with Gasteiger partial charge in [-0.3, -0.25) is 4.79 Å². The molecule has 2 rings (SSSR count). The lowest BCUT2D eigenvalue weighted by atomic mass is 9.88. The number of aliphatic carboxylic acids is 2. The lowest BCUT2D eigenvalue weighted by Gasteiger charge is -2.26. The fraction of sp³-hybridized carbons (Fsp3) is 0.438. The zero-order valence-electron chi connectivity index (χ0n) is 12.4. The summed E-state index contributed by atoms with van der Waals surface area (Å²) in [6, 6.07) is 7.81. The van der Waals surface area contributed by atoms with Crippen LogP contribution in [0.5, 0.6) is 0 Å². The first kappa shape index (κ1) is 17.3. The molecule has 6 nitrogen and oxygen atoms in total. The van der Waals surface area contributed by atoms with Crippen molar-refractivity contribution in [3.8, 4) is 0 Å². The normalized spacial score (nSPS) is 17.8. The van der Waals surface area contributed by atoms with Crippen molar-refractivity contribution in [3.63, 3.8) is 0 Å². The Morgan fingerprint density at radius 1 is 1.26 bits per heavy atom. The third kappa shape index (κ3) is 4.99. The number of carboxylic acid groups (broad SMARTS) is 2. The summed E-state index contributed by atoms with van der Waals surface area (Å²) in [6.45, 7) is 0. The van der Waals surface area contributed by atoms with Crippen LogP contribution in [-0.4, -0.2) is 28.8 Å². The number of fused-ring (bicyclic) bond motifs is 1. The molecule has 0 saturated carbocycles. The lowest BCUT2D eigenvalue weighted by Crippen LogP contribution is -2.39. The first-order valence-electron chi connectivity index (χ1n) is 7.37. The Morgan fingerprint density at radius 2 is 2.00 bits per heavy atom. The molecule has 1 N–H and O–H groups in total. The summed E-state index contributed by atoms with van der Waals surface area (Å²) < 4.78 is 0. The molecule has 1 aromatic rings. The van der Waals surface area contributed by atoms with E-state index in [0.717, 1.165) is 36.6 Å². The van der Waals surface area contributed by atoms with Crippen molar-refractivity contribution in [3.05, 3.63) is 35.4 Å². The number of amides is 1. The predicted octanol–water partition coefficient (Wildman–Crippen LogP) is -0.828. The Kier molecular flexibility index (Phi) is 6.04. The number of hydrogen-bond donors (Lipinski definition) is 1. The van der Waals surface area contributed by atoms with Crippen LogP contribution in [0.3, 0.4) is 0 Å². The van der Waals surface area contributed by atoms with Crippen LogP contribution in [0.15, 0.2) is 24.3 Å². The summed E-state index contributed by atoms with van der Waals surface area (Å²) in [4.78, 5) is 33.4. The molecule has 0 fully saturated rings. The van der Waals surface area contributed by atoms with E-state index in [0.29, 0.717) is 0 Å². The summed E-state index contributed by atoms with van der Waals surface area (Å²) in [5, 5.41) is 22.9. The zero-order chi connectivity index (χ0) is 16.8. The highest BCUT2D eigenvalue weighted by atomic mass is 32.2. The predicted molar refractivity (Wildman–Crippen MR) is 81.1 cm³/mol. The molecule has 0 aromatic heterocycles. The number of carboxylic acids is 2. The summed E-state index contributed by atoms with van der Waals surface area (Å²) >= 11 is 0.741. The molecular formula is C16H17NO5S-2. The van der Waals surface area contributed by atoms with Crippen LogP contribution < -0.4 is 15.5 Å². The first-order valence-corrected chi connectivity index (χ1v) is 8.41. The van der Waals surface area contributed by atoms with Gasteiger partial charge >= 0.3 is 0 Å². The van der Waals surface area contributed by atoms with Crippen LogP contribution in [0, 0.1) is 0 Å². The lowest BCUT2D eigenvalue weighted by molar-refractivity contribution is -0.314. The van der Waals surface area contributed by atoms with Gasteiger partial charge in [-0.05, 0) is 30.4 Å². The smallest absolute Gasteiger partial charge is 0.230 e. The molecule has 23 heavy (non-hydrogen) atoms. The number of thioether (sulfide) groups is 1. The fourth-order valence-electron chi connectivity index (χ4n) is 2.68. The minimum Gasteiger partial charge on any atom is -0.550 e. The molecule has 1 aromatic carbocycles. The number of aryl methyl sites for hydroxylation is 1. The Labute approximate surface area is 138 Å². The molecule has 2 atom stereocenters. The van der Waals surface area contributed by atoms with Crippen LogP contribution in [0.25, 0.3) is 0 Å². The standard InChI is InChI=1S/C16H19NO5S/c18-14(9-23-13(16(21)22)8-15(19)20)17-12-7-3-5-10-4-1-2-6-11(10)12/h1-2,4,6,12-13H,3,5,7-9H2,(H,17,18)(H,19,20)(H,21,22)/p-2/t12-,13-/m0/s1. The van der Waals surface area contributed by atoms with E-state index in [-0.39, 0.29) is 17.7 Å². The number of nitrogens with one attached hydrogen (secondary N) is 1. The Bertz CT molecular complexity index is 604. The van der Waals surface area contributed by atoms with Gasteiger partial charge in [0.25, 0.3) is 0 Å². The quantitative estimate of drug-likeness (QED) is 0.697. The number of benzene rings is 1. The van der Waals surface area contributed by atoms with E-state index >= 15 is 0 Å². The van der Waals surface area contributed by atoms with Crippen LogP contribution in [-0.2, 0) is 20.8 Å². The van der Waals surface area contributed by atoms with Crippen molar-refractivity contribution in [1.82, 2.24) is 5.32 Å². The van der Waals surface area contributed by atoms with Gasteiger partial charge in [0, 0.05) is 12.4 Å². The number of hydrogen-bond acceptors (Lipinski definition) is 6. The molecule has 124 valence electrons. The van der Waals surface area contributed by atoms with E-state index in [1.54, 1.807) is 0 Å². The maximum Gasteiger partial charge on any atom is 0.230 e. The van der Waals surface area contributed by atoms with E-state index in [1.807, 2.05) is 24.3 Å². The van der Waals surface area contributed by atoms with E-state index in [2.05, 4.69) is 5.32 Å². The Balaban J connectivity index is 1.90. The van der Waals surface area contributed by atoms with Gasteiger partial charge in [0.2, 0.25) is 5.91 Å². The van der Waals surface area contributed by atoms with Crippen LogP contribution >= 0.6 is 11.8 Å². The molecule has 1 amide bonds. The van der Waals surface area contributed by atoms with E-state index < -0.39 is 23.6 Å². The molecule has 0 heterocycles. The average Bonchev–Trinajstić information content (AvgIpc) is 2.51. The SMILES string of the molecule is O=C([O-])C[C@H](SCC(=O)N[C@H]1CCCc2ccccc21)C(=O)[O-]. The van der Waals surface area contributed by atoms with E-state index in [9.17, 15) is 24.6 Å². The molecular weight excluding hydrogens is 318 g/mol. The minimum absolute atomic E-state index is 0.0874. The van der Waals surface area contributed by atoms with Gasteiger partial charge in [-0.15, -0.1) is 11.8 Å².